The van der Waals surface area contributed by atoms with E-state index in [0.29, 0.717) is 5.02 Å². The third kappa shape index (κ3) is 2.61. The Morgan fingerprint density at radius 2 is 1.92 bits per heavy atom. The van der Waals surface area contributed by atoms with Crippen molar-refractivity contribution in [1.82, 2.24) is 4.57 Å². The number of hydrogen-bond acceptors (Lipinski definition) is 3. The van der Waals surface area contributed by atoms with Gasteiger partial charge in [-0.25, -0.2) is 0 Å². The Kier molecular flexibility index (Phi) is 4.04. The fraction of sp³-hybridized carbons (Fsp3) is 0.158. The second-order valence-corrected chi connectivity index (χ2v) is 7.29. The minimum atomic E-state index is -0.621. The van der Waals surface area contributed by atoms with E-state index >= 15 is 0 Å². The maximum Gasteiger partial charge on any atom is 0.118 e. The van der Waals surface area contributed by atoms with Crippen molar-refractivity contribution in [3.8, 4) is 11.4 Å². The van der Waals surface area contributed by atoms with Crippen LogP contribution in [0.25, 0.3) is 5.69 Å². The van der Waals surface area contributed by atoms with Crippen LogP contribution in [0.5, 0.6) is 5.75 Å². The summed E-state index contributed by atoms with van der Waals surface area (Å²) in [6, 6.07) is 17.6. The van der Waals surface area contributed by atoms with E-state index in [1.165, 1.54) is 0 Å². The maximum absolute atomic E-state index is 11.0. The number of hydrogen-bond donors (Lipinski definition) is 1. The quantitative estimate of drug-likeness (QED) is 0.699. The van der Waals surface area contributed by atoms with Gasteiger partial charge in [0.25, 0.3) is 0 Å². The molecule has 0 radical (unpaired) electrons. The highest BCUT2D eigenvalue weighted by Crippen LogP contribution is 2.49. The lowest BCUT2D eigenvalue weighted by Gasteiger charge is -2.21. The van der Waals surface area contributed by atoms with Gasteiger partial charge in [0.05, 0.1) is 23.7 Å². The molecule has 3 nitrogen and oxygen atoms in total. The van der Waals surface area contributed by atoms with Crippen LogP contribution in [-0.2, 0) is 0 Å². The normalized spacial score (nSPS) is 19.3. The molecule has 0 bridgehead atoms. The van der Waals surface area contributed by atoms with Crippen LogP contribution in [0, 0.1) is 0 Å². The Hall–Kier alpha value is -1.88. The molecule has 24 heavy (non-hydrogen) atoms. The van der Waals surface area contributed by atoms with Crippen LogP contribution in [0.3, 0.4) is 0 Å². The van der Waals surface area contributed by atoms with Gasteiger partial charge in [0.1, 0.15) is 11.9 Å². The topological polar surface area (TPSA) is 34.4 Å². The summed E-state index contributed by atoms with van der Waals surface area (Å²) in [6.45, 7) is 0. The maximum atomic E-state index is 11.0. The van der Waals surface area contributed by atoms with Crippen LogP contribution < -0.4 is 4.74 Å². The Morgan fingerprint density at radius 1 is 1.12 bits per heavy atom. The van der Waals surface area contributed by atoms with Gasteiger partial charge in [0, 0.05) is 16.1 Å². The van der Waals surface area contributed by atoms with Crippen molar-refractivity contribution < 1.29 is 9.84 Å². The zero-order chi connectivity index (χ0) is 16.7. The first-order valence-corrected chi connectivity index (χ1v) is 8.89. The minimum Gasteiger partial charge on any atom is -0.497 e. The molecule has 0 fully saturated rings. The van der Waals surface area contributed by atoms with Crippen LogP contribution >= 0.6 is 23.4 Å². The molecule has 0 saturated heterocycles. The highest BCUT2D eigenvalue weighted by atomic mass is 35.5. The van der Waals surface area contributed by atoms with Crippen molar-refractivity contribution in [2.45, 2.75) is 16.2 Å². The lowest BCUT2D eigenvalue weighted by atomic mass is 10.0. The van der Waals surface area contributed by atoms with Crippen LogP contribution in [0.4, 0.5) is 0 Å². The van der Waals surface area contributed by atoms with E-state index in [-0.39, 0.29) is 5.25 Å². The molecule has 2 heterocycles. The minimum absolute atomic E-state index is 0.121. The number of ether oxygens (including phenoxy) is 1. The molecular weight excluding hydrogens is 342 g/mol. The number of thioether (sulfide) groups is 1. The lowest BCUT2D eigenvalue weighted by Crippen LogP contribution is -2.09. The van der Waals surface area contributed by atoms with Crippen LogP contribution in [0.2, 0.25) is 5.02 Å². The number of fused-ring (bicyclic) bond motifs is 3. The highest BCUT2D eigenvalue weighted by molar-refractivity contribution is 7.99. The molecule has 0 spiro atoms. The third-order valence-corrected chi connectivity index (χ3v) is 5.85. The summed E-state index contributed by atoms with van der Waals surface area (Å²) in [7, 11) is 1.65. The fourth-order valence-electron chi connectivity index (χ4n) is 3.04. The standard InChI is InChI=1S/C19H16ClNO2S/c1-23-14-7-4-12(5-8-14)19-18(22)16-3-2-10-21(16)15-9-6-13(20)11-17(15)24-19/h2-11,18-19,22H,1H3/t18-,19-/m1/s1. The number of benzene rings is 2. The fourth-order valence-corrected chi connectivity index (χ4v) is 4.59. The molecule has 3 aromatic rings. The predicted molar refractivity (Wildman–Crippen MR) is 97.3 cm³/mol. The molecule has 5 heteroatoms. The number of aliphatic hydroxyl groups excluding tert-OH is 1. The summed E-state index contributed by atoms with van der Waals surface area (Å²) < 4.78 is 7.27. The van der Waals surface area contributed by atoms with Crippen molar-refractivity contribution in [2.24, 2.45) is 0 Å². The van der Waals surface area contributed by atoms with Gasteiger partial charge in [-0.3, -0.25) is 0 Å². The lowest BCUT2D eigenvalue weighted by molar-refractivity contribution is 0.169. The van der Waals surface area contributed by atoms with E-state index in [1.54, 1.807) is 18.9 Å². The summed E-state index contributed by atoms with van der Waals surface area (Å²) in [5.74, 6) is 0.804. The summed E-state index contributed by atoms with van der Waals surface area (Å²) in [6.07, 6.45) is 1.35. The molecule has 2 atom stereocenters. The Morgan fingerprint density at radius 3 is 2.67 bits per heavy atom. The van der Waals surface area contributed by atoms with Gasteiger partial charge in [-0.2, -0.15) is 0 Å². The van der Waals surface area contributed by atoms with Gasteiger partial charge in [0.15, 0.2) is 0 Å². The highest BCUT2D eigenvalue weighted by Gasteiger charge is 2.31. The largest absolute Gasteiger partial charge is 0.497 e. The Bertz CT molecular complexity index is 875. The molecule has 1 N–H and O–H groups in total. The first-order chi connectivity index (χ1) is 11.7. The summed E-state index contributed by atoms with van der Waals surface area (Å²) in [5, 5.41) is 11.6. The monoisotopic (exact) mass is 357 g/mol. The molecule has 0 saturated carbocycles. The molecular formula is C19H16ClNO2S. The van der Waals surface area contributed by atoms with Gasteiger partial charge < -0.3 is 14.4 Å². The van der Waals surface area contributed by atoms with Crippen LogP contribution in [-0.4, -0.2) is 16.8 Å². The molecule has 122 valence electrons. The average molecular weight is 358 g/mol. The second kappa shape index (κ2) is 6.20. The van der Waals surface area contributed by atoms with E-state index in [2.05, 4.69) is 0 Å². The third-order valence-electron chi connectivity index (χ3n) is 4.25. The Labute approximate surface area is 149 Å². The van der Waals surface area contributed by atoms with Crippen LogP contribution in [0.1, 0.15) is 22.6 Å². The van der Waals surface area contributed by atoms with Gasteiger partial charge in [-0.05, 0) is 48.0 Å². The average Bonchev–Trinajstić information content (AvgIpc) is 3.05. The van der Waals surface area contributed by atoms with Crippen molar-refractivity contribution in [3.63, 3.8) is 0 Å². The predicted octanol–water partition coefficient (Wildman–Crippen LogP) is 5.02. The molecule has 1 aliphatic heterocycles. The molecule has 1 aromatic heterocycles. The smallest absolute Gasteiger partial charge is 0.118 e. The van der Waals surface area contributed by atoms with Gasteiger partial charge in [-0.1, -0.05) is 23.7 Å². The summed E-state index contributed by atoms with van der Waals surface area (Å²) in [4.78, 5) is 1.05. The first-order valence-electron chi connectivity index (χ1n) is 7.63. The van der Waals surface area contributed by atoms with Gasteiger partial charge >= 0.3 is 0 Å². The number of nitrogens with zero attached hydrogens (tertiary/aromatic N) is 1. The van der Waals surface area contributed by atoms with E-state index in [0.717, 1.165) is 27.6 Å². The van der Waals surface area contributed by atoms with E-state index in [9.17, 15) is 5.11 Å². The second-order valence-electron chi connectivity index (χ2n) is 5.67. The van der Waals surface area contributed by atoms with Gasteiger partial charge in [0.2, 0.25) is 0 Å². The number of aliphatic hydroxyl groups is 1. The van der Waals surface area contributed by atoms with Gasteiger partial charge in [-0.15, -0.1) is 11.8 Å². The zero-order valence-electron chi connectivity index (χ0n) is 13.0. The molecule has 4 rings (SSSR count). The number of rotatable bonds is 2. The van der Waals surface area contributed by atoms with E-state index < -0.39 is 6.10 Å². The van der Waals surface area contributed by atoms with Crippen molar-refractivity contribution in [3.05, 3.63) is 77.1 Å². The summed E-state index contributed by atoms with van der Waals surface area (Å²) >= 11 is 7.83. The number of halogens is 1. The van der Waals surface area contributed by atoms with Crippen molar-refractivity contribution in [2.75, 3.05) is 7.11 Å². The molecule has 2 aromatic carbocycles. The molecule has 0 unspecified atom stereocenters. The molecule has 0 aliphatic carbocycles. The van der Waals surface area contributed by atoms with Crippen molar-refractivity contribution >= 4 is 23.4 Å². The SMILES string of the molecule is COc1ccc([C@H]2Sc3cc(Cl)ccc3-n3cccc3[C@H]2O)cc1. The van der Waals surface area contributed by atoms with E-state index in [4.69, 9.17) is 16.3 Å². The summed E-state index contributed by atoms with van der Waals surface area (Å²) in [5.41, 5.74) is 2.97. The molecule has 0 amide bonds. The molecule has 1 aliphatic rings. The Balaban J connectivity index is 1.84. The van der Waals surface area contributed by atoms with Crippen LogP contribution in [0.15, 0.2) is 65.7 Å². The number of aromatic nitrogens is 1. The first kappa shape index (κ1) is 15.6. The van der Waals surface area contributed by atoms with E-state index in [1.807, 2.05) is 65.4 Å². The number of methoxy groups -OCH3 is 1. The zero-order valence-corrected chi connectivity index (χ0v) is 14.6. The van der Waals surface area contributed by atoms with Crippen molar-refractivity contribution in [1.29, 1.82) is 0 Å².